The Hall–Kier alpha value is -3.30. The summed E-state index contributed by atoms with van der Waals surface area (Å²) in [6.07, 6.45) is -0.873. The average Bonchev–Trinajstić information content (AvgIpc) is 3.22. The van der Waals surface area contributed by atoms with Crippen LogP contribution in [0.4, 0.5) is 9.93 Å². The molecular weight excluding hydrogens is 526 g/mol. The fourth-order valence-corrected chi connectivity index (χ4v) is 5.01. The fourth-order valence-electron chi connectivity index (χ4n) is 3.13. The van der Waals surface area contributed by atoms with Crippen LogP contribution in [0.3, 0.4) is 0 Å². The summed E-state index contributed by atoms with van der Waals surface area (Å²) in [5.74, 6) is -2.05. The number of nitrogens with two attached hydrogens (primary N) is 1. The Morgan fingerprint density at radius 1 is 1.46 bits per heavy atom. The number of nitrogens with one attached hydrogen (secondary N) is 1. The summed E-state index contributed by atoms with van der Waals surface area (Å²) in [7, 11) is 0. The Labute approximate surface area is 213 Å². The normalized spacial score (nSPS) is 20.0. The van der Waals surface area contributed by atoms with Gasteiger partial charge in [-0.25, -0.2) is 14.6 Å². The molecule has 3 heterocycles. The molecule has 2 aliphatic rings. The summed E-state index contributed by atoms with van der Waals surface area (Å²) in [4.78, 5) is 54.8. The number of nitrogen functional groups attached to an aromatic ring is 1. The van der Waals surface area contributed by atoms with Gasteiger partial charge in [-0.2, -0.15) is 0 Å². The van der Waals surface area contributed by atoms with E-state index in [2.05, 4.69) is 26.8 Å². The van der Waals surface area contributed by atoms with Crippen molar-refractivity contribution < 1.29 is 38.6 Å². The highest BCUT2D eigenvalue weighted by molar-refractivity contribution is 8.00. The number of allylic oxidation sites excluding steroid dienone is 1. The van der Waals surface area contributed by atoms with Crippen LogP contribution in [0.15, 0.2) is 34.5 Å². The van der Waals surface area contributed by atoms with Gasteiger partial charge >= 0.3 is 12.1 Å². The third-order valence-corrected chi connectivity index (χ3v) is 6.58. The van der Waals surface area contributed by atoms with Gasteiger partial charge in [0.05, 0.1) is 6.61 Å². The van der Waals surface area contributed by atoms with E-state index in [0.29, 0.717) is 11.3 Å². The van der Waals surface area contributed by atoms with Crippen molar-refractivity contribution in [2.24, 2.45) is 5.16 Å². The third-order valence-electron chi connectivity index (χ3n) is 4.60. The number of carbonyl (C=O) groups is 4. The summed E-state index contributed by atoms with van der Waals surface area (Å²) in [5.41, 5.74) is 5.55. The Bertz CT molecular complexity index is 1090. The van der Waals surface area contributed by atoms with Gasteiger partial charge in [0.1, 0.15) is 22.8 Å². The molecule has 0 saturated carbocycles. The molecule has 1 saturated heterocycles. The van der Waals surface area contributed by atoms with Crippen LogP contribution in [-0.2, 0) is 28.6 Å². The smallest absolute Gasteiger partial charge is 0.435 e. The van der Waals surface area contributed by atoms with Gasteiger partial charge in [0.15, 0.2) is 10.8 Å². The maximum Gasteiger partial charge on any atom is 0.511 e. The van der Waals surface area contributed by atoms with Crippen LogP contribution in [0.5, 0.6) is 0 Å². The quantitative estimate of drug-likeness (QED) is 0.106. The Balaban J connectivity index is 0.00000432. The third kappa shape index (κ3) is 5.86. The Morgan fingerprint density at radius 2 is 2.17 bits per heavy atom. The van der Waals surface area contributed by atoms with Crippen LogP contribution in [0.25, 0.3) is 0 Å². The molecule has 3 atom stereocenters. The van der Waals surface area contributed by atoms with Gasteiger partial charge in [-0.3, -0.25) is 14.5 Å². The summed E-state index contributed by atoms with van der Waals surface area (Å²) in [5, 5.41) is 15.7. The highest BCUT2D eigenvalue weighted by Gasteiger charge is 2.54. The second-order valence-corrected chi connectivity index (χ2v) is 8.73. The number of oxime groups is 1. The van der Waals surface area contributed by atoms with E-state index in [1.54, 1.807) is 6.92 Å². The number of hydrogen-bond acceptors (Lipinski definition) is 13. The number of amides is 2. The first-order valence-electron chi connectivity index (χ1n) is 9.80. The molecule has 2 amide bonds. The van der Waals surface area contributed by atoms with E-state index in [1.165, 1.54) is 35.0 Å². The topological polar surface area (TPSA) is 183 Å². The molecule has 0 spiro atoms. The van der Waals surface area contributed by atoms with Crippen LogP contribution in [0.1, 0.15) is 19.5 Å². The van der Waals surface area contributed by atoms with Crippen LogP contribution < -0.4 is 11.1 Å². The zero-order chi connectivity index (χ0) is 25.0. The molecule has 0 aliphatic carbocycles. The summed E-state index contributed by atoms with van der Waals surface area (Å²) in [6, 6.07) is -1.01. The molecule has 0 bridgehead atoms. The predicted molar refractivity (Wildman–Crippen MR) is 128 cm³/mol. The van der Waals surface area contributed by atoms with E-state index in [9.17, 15) is 24.4 Å². The number of aromatic nitrogens is 1. The lowest BCUT2D eigenvalue weighted by atomic mass is 10.0. The van der Waals surface area contributed by atoms with E-state index >= 15 is 0 Å². The SMILES string of the molecule is C=CC1=C(C(=O)OC(C)OC(=O)OCC)N2C(=O)C(NC(=O)/C(=N\O)c3csc(N)n3)[C@H]2SC1.Cl. The van der Waals surface area contributed by atoms with Gasteiger partial charge in [-0.15, -0.1) is 35.5 Å². The molecule has 2 aliphatic heterocycles. The van der Waals surface area contributed by atoms with E-state index in [-0.39, 0.29) is 35.5 Å². The molecule has 190 valence electrons. The van der Waals surface area contributed by atoms with E-state index in [0.717, 1.165) is 11.3 Å². The second kappa shape index (κ2) is 11.9. The van der Waals surface area contributed by atoms with Gasteiger partial charge in [0.25, 0.3) is 11.8 Å². The molecule has 1 fully saturated rings. The lowest BCUT2D eigenvalue weighted by Crippen LogP contribution is -2.71. The van der Waals surface area contributed by atoms with Crippen LogP contribution in [0, 0.1) is 0 Å². The van der Waals surface area contributed by atoms with Gasteiger partial charge in [0.2, 0.25) is 6.29 Å². The minimum absolute atomic E-state index is 0. The standard InChI is InChI=1S/C19H21N5O8S2.ClH/c1-4-9-6-33-16-12(22-14(25)11(23-29)10-7-34-18(20)21-10)15(26)24(16)13(9)17(27)31-8(3)32-19(28)30-5-2;/h4,7-8,12,16,29H,1,5-6H2,2-3H3,(H2,20,21)(H,22,25);1H/b23-11-;/t8?,12?,16-;/m1./s1. The molecule has 1 aromatic heterocycles. The number of fused-ring (bicyclic) bond motifs is 1. The van der Waals surface area contributed by atoms with Gasteiger partial charge in [-0.05, 0) is 12.5 Å². The van der Waals surface area contributed by atoms with Crippen molar-refractivity contribution in [2.75, 3.05) is 18.1 Å². The first-order valence-corrected chi connectivity index (χ1v) is 11.7. The van der Waals surface area contributed by atoms with Crippen LogP contribution >= 0.6 is 35.5 Å². The fraction of sp³-hybridized carbons (Fsp3) is 0.368. The maximum absolute atomic E-state index is 12.9. The summed E-state index contributed by atoms with van der Waals surface area (Å²) < 4.78 is 14.6. The van der Waals surface area contributed by atoms with E-state index in [1.807, 2.05) is 0 Å². The molecule has 2 unspecified atom stereocenters. The van der Waals surface area contributed by atoms with Gasteiger partial charge in [-0.1, -0.05) is 17.8 Å². The Morgan fingerprint density at radius 3 is 2.74 bits per heavy atom. The van der Waals surface area contributed by atoms with Crippen LogP contribution in [0.2, 0.25) is 0 Å². The zero-order valence-corrected chi connectivity index (χ0v) is 20.9. The number of rotatable bonds is 8. The average molecular weight is 548 g/mol. The highest BCUT2D eigenvalue weighted by atomic mass is 35.5. The molecular formula is C19H22ClN5O8S2. The molecule has 16 heteroatoms. The lowest BCUT2D eigenvalue weighted by molar-refractivity contribution is -0.168. The van der Waals surface area contributed by atoms with Crippen molar-refractivity contribution >= 4 is 70.3 Å². The van der Waals surface area contributed by atoms with Crippen molar-refractivity contribution in [2.45, 2.75) is 31.6 Å². The van der Waals surface area contributed by atoms with Gasteiger partial charge in [0, 0.05) is 18.1 Å². The van der Waals surface area contributed by atoms with Crippen molar-refractivity contribution in [1.29, 1.82) is 0 Å². The van der Waals surface area contributed by atoms with Crippen LogP contribution in [-0.4, -0.2) is 74.8 Å². The number of ether oxygens (including phenoxy) is 3. The summed E-state index contributed by atoms with van der Waals surface area (Å²) in [6.45, 7) is 6.65. The van der Waals surface area contributed by atoms with Crippen molar-refractivity contribution in [1.82, 2.24) is 15.2 Å². The molecule has 13 nitrogen and oxygen atoms in total. The van der Waals surface area contributed by atoms with Crippen molar-refractivity contribution in [3.8, 4) is 0 Å². The molecule has 35 heavy (non-hydrogen) atoms. The first-order chi connectivity index (χ1) is 16.2. The van der Waals surface area contributed by atoms with E-state index in [4.69, 9.17) is 15.2 Å². The maximum atomic E-state index is 12.9. The number of thioether (sulfide) groups is 1. The van der Waals surface area contributed by atoms with Crippen molar-refractivity contribution in [3.63, 3.8) is 0 Å². The minimum atomic E-state index is -1.28. The molecule has 1 aromatic rings. The Kier molecular flexibility index (Phi) is 9.50. The monoisotopic (exact) mass is 547 g/mol. The molecule has 0 aromatic carbocycles. The second-order valence-electron chi connectivity index (χ2n) is 6.73. The summed E-state index contributed by atoms with van der Waals surface area (Å²) >= 11 is 2.34. The molecule has 0 radical (unpaired) electrons. The predicted octanol–water partition coefficient (Wildman–Crippen LogP) is 1.23. The number of carbonyl (C=O) groups excluding carboxylic acids is 4. The first kappa shape index (κ1) is 27.9. The number of halogens is 1. The van der Waals surface area contributed by atoms with Gasteiger partial charge < -0.3 is 30.5 Å². The number of nitrogens with zero attached hydrogens (tertiary/aromatic N) is 3. The number of anilines is 1. The number of hydrogen-bond donors (Lipinski definition) is 3. The number of thiazole rings is 1. The lowest BCUT2D eigenvalue weighted by Gasteiger charge is -2.49. The zero-order valence-electron chi connectivity index (χ0n) is 18.5. The minimum Gasteiger partial charge on any atom is -0.435 e. The molecule has 3 rings (SSSR count). The number of esters is 1. The molecule has 4 N–H and O–H groups in total. The largest absolute Gasteiger partial charge is 0.511 e. The van der Waals surface area contributed by atoms with E-state index < -0.39 is 47.4 Å². The number of β-lactam (4-membered cyclic amide) rings is 1. The highest BCUT2D eigenvalue weighted by Crippen LogP contribution is 2.41. The van der Waals surface area contributed by atoms with Crippen molar-refractivity contribution in [3.05, 3.63) is 35.0 Å².